The Hall–Kier alpha value is -0.810. The second kappa shape index (κ2) is 6.09. The highest BCUT2D eigenvalue weighted by molar-refractivity contribution is 9.10. The zero-order valence-electron chi connectivity index (χ0n) is 9.25. The van der Waals surface area contributed by atoms with Gasteiger partial charge in [-0.15, -0.1) is 0 Å². The van der Waals surface area contributed by atoms with E-state index >= 15 is 0 Å². The Morgan fingerprint density at radius 2 is 1.89 bits per heavy atom. The SMILES string of the molecule is O=C(Nc1ccc(Br)c(Cl)c1)c1cc(Cl)ncc1Cl. The van der Waals surface area contributed by atoms with E-state index in [2.05, 4.69) is 26.2 Å². The molecule has 0 saturated carbocycles. The molecule has 0 fully saturated rings. The van der Waals surface area contributed by atoms with Gasteiger partial charge < -0.3 is 5.32 Å². The fourth-order valence-electron chi connectivity index (χ4n) is 1.36. The highest BCUT2D eigenvalue weighted by Crippen LogP contribution is 2.26. The van der Waals surface area contributed by atoms with Crippen LogP contribution in [0.5, 0.6) is 0 Å². The molecular formula is C12H6BrCl3N2O. The van der Waals surface area contributed by atoms with Crippen LogP contribution in [0.4, 0.5) is 5.69 Å². The lowest BCUT2D eigenvalue weighted by molar-refractivity contribution is 0.102. The summed E-state index contributed by atoms with van der Waals surface area (Å²) in [5, 5.41) is 3.60. The van der Waals surface area contributed by atoms with Crippen LogP contribution < -0.4 is 5.32 Å². The monoisotopic (exact) mass is 378 g/mol. The minimum atomic E-state index is -0.382. The van der Waals surface area contributed by atoms with Crippen LogP contribution in [0.25, 0.3) is 0 Å². The molecule has 98 valence electrons. The molecule has 1 heterocycles. The van der Waals surface area contributed by atoms with E-state index in [1.54, 1.807) is 18.2 Å². The maximum absolute atomic E-state index is 12.0. The van der Waals surface area contributed by atoms with Crippen LogP contribution in [-0.4, -0.2) is 10.9 Å². The van der Waals surface area contributed by atoms with Crippen molar-refractivity contribution in [1.82, 2.24) is 4.98 Å². The van der Waals surface area contributed by atoms with Gasteiger partial charge in [-0.05, 0) is 40.2 Å². The first-order valence-electron chi connectivity index (χ1n) is 5.05. The average Bonchev–Trinajstić information content (AvgIpc) is 2.36. The number of pyridine rings is 1. The van der Waals surface area contributed by atoms with E-state index in [4.69, 9.17) is 34.8 Å². The van der Waals surface area contributed by atoms with Crippen LogP contribution >= 0.6 is 50.7 Å². The molecule has 0 aliphatic carbocycles. The molecule has 1 amide bonds. The summed E-state index contributed by atoms with van der Waals surface area (Å²) in [4.78, 5) is 15.8. The van der Waals surface area contributed by atoms with Crippen molar-refractivity contribution in [3.05, 3.63) is 55.7 Å². The molecular weight excluding hydrogens is 374 g/mol. The van der Waals surface area contributed by atoms with Gasteiger partial charge in [-0.25, -0.2) is 4.98 Å². The third kappa shape index (κ3) is 3.60. The van der Waals surface area contributed by atoms with Crippen molar-refractivity contribution < 1.29 is 4.79 Å². The first-order chi connectivity index (χ1) is 8.97. The van der Waals surface area contributed by atoms with Crippen molar-refractivity contribution in [3.63, 3.8) is 0 Å². The lowest BCUT2D eigenvalue weighted by Crippen LogP contribution is -2.12. The van der Waals surface area contributed by atoms with Gasteiger partial charge in [0.1, 0.15) is 5.15 Å². The molecule has 1 aromatic heterocycles. The third-order valence-electron chi connectivity index (χ3n) is 2.24. The van der Waals surface area contributed by atoms with Crippen molar-refractivity contribution in [1.29, 1.82) is 0 Å². The summed E-state index contributed by atoms with van der Waals surface area (Å²) in [5.74, 6) is -0.382. The standard InChI is InChI=1S/C12H6BrCl3N2O/c13-8-2-1-6(3-9(8)14)18-12(19)7-4-11(16)17-5-10(7)15/h1-5H,(H,18,19). The molecule has 1 aromatic carbocycles. The van der Waals surface area contributed by atoms with E-state index in [9.17, 15) is 4.79 Å². The Morgan fingerprint density at radius 1 is 1.16 bits per heavy atom. The summed E-state index contributed by atoms with van der Waals surface area (Å²) in [7, 11) is 0. The Balaban J connectivity index is 2.25. The second-order valence-electron chi connectivity index (χ2n) is 3.57. The molecule has 0 atom stereocenters. The molecule has 0 unspecified atom stereocenters. The molecule has 0 aliphatic rings. The van der Waals surface area contributed by atoms with E-state index in [0.29, 0.717) is 10.7 Å². The molecule has 2 rings (SSSR count). The van der Waals surface area contributed by atoms with Crippen molar-refractivity contribution in [3.8, 4) is 0 Å². The van der Waals surface area contributed by atoms with Gasteiger partial charge in [-0.1, -0.05) is 34.8 Å². The first-order valence-corrected chi connectivity index (χ1v) is 6.97. The number of amides is 1. The summed E-state index contributed by atoms with van der Waals surface area (Å²) in [5.41, 5.74) is 0.808. The van der Waals surface area contributed by atoms with E-state index in [1.807, 2.05) is 0 Å². The topological polar surface area (TPSA) is 42.0 Å². The fraction of sp³-hybridized carbons (Fsp3) is 0. The molecule has 0 spiro atoms. The molecule has 19 heavy (non-hydrogen) atoms. The number of rotatable bonds is 2. The van der Waals surface area contributed by atoms with Gasteiger partial charge in [0.2, 0.25) is 0 Å². The molecule has 0 radical (unpaired) electrons. The lowest BCUT2D eigenvalue weighted by Gasteiger charge is -2.07. The van der Waals surface area contributed by atoms with Gasteiger partial charge >= 0.3 is 0 Å². The Morgan fingerprint density at radius 3 is 2.58 bits per heavy atom. The molecule has 0 bridgehead atoms. The Bertz CT molecular complexity index is 649. The van der Waals surface area contributed by atoms with Gasteiger partial charge in [0.05, 0.1) is 15.6 Å². The summed E-state index contributed by atoms with van der Waals surface area (Å²) in [6.07, 6.45) is 1.33. The second-order valence-corrected chi connectivity index (χ2v) is 5.63. The van der Waals surface area contributed by atoms with Gasteiger partial charge in [-0.2, -0.15) is 0 Å². The number of nitrogens with one attached hydrogen (secondary N) is 1. The molecule has 0 saturated heterocycles. The van der Waals surface area contributed by atoms with Crippen LogP contribution in [0.1, 0.15) is 10.4 Å². The van der Waals surface area contributed by atoms with E-state index in [0.717, 1.165) is 4.47 Å². The van der Waals surface area contributed by atoms with E-state index in [1.165, 1.54) is 12.3 Å². The van der Waals surface area contributed by atoms with Gasteiger partial charge in [-0.3, -0.25) is 4.79 Å². The lowest BCUT2D eigenvalue weighted by atomic mass is 10.2. The maximum Gasteiger partial charge on any atom is 0.257 e. The van der Waals surface area contributed by atoms with Crippen molar-refractivity contribution in [2.75, 3.05) is 5.32 Å². The third-order valence-corrected chi connectivity index (χ3v) is 3.98. The highest BCUT2D eigenvalue weighted by Gasteiger charge is 2.12. The summed E-state index contributed by atoms with van der Waals surface area (Å²) >= 11 is 20.8. The number of anilines is 1. The number of carbonyl (C=O) groups excluding carboxylic acids is 1. The van der Waals surface area contributed by atoms with Gasteiger partial charge in [0.25, 0.3) is 5.91 Å². The van der Waals surface area contributed by atoms with Crippen molar-refractivity contribution >= 4 is 62.3 Å². The minimum Gasteiger partial charge on any atom is -0.322 e. The normalized spacial score (nSPS) is 10.3. The van der Waals surface area contributed by atoms with Crippen molar-refractivity contribution in [2.45, 2.75) is 0 Å². The van der Waals surface area contributed by atoms with Crippen molar-refractivity contribution in [2.24, 2.45) is 0 Å². The zero-order chi connectivity index (χ0) is 14.0. The number of aromatic nitrogens is 1. The predicted octanol–water partition coefficient (Wildman–Crippen LogP) is 5.06. The number of benzene rings is 1. The van der Waals surface area contributed by atoms with Gasteiger partial charge in [0, 0.05) is 16.4 Å². The minimum absolute atomic E-state index is 0.198. The van der Waals surface area contributed by atoms with E-state index in [-0.39, 0.29) is 21.6 Å². The number of halogens is 4. The van der Waals surface area contributed by atoms with Crippen LogP contribution in [0, 0.1) is 0 Å². The zero-order valence-corrected chi connectivity index (χ0v) is 13.1. The van der Waals surface area contributed by atoms with Crippen LogP contribution in [0.3, 0.4) is 0 Å². The quantitative estimate of drug-likeness (QED) is 0.740. The largest absolute Gasteiger partial charge is 0.322 e. The maximum atomic E-state index is 12.0. The molecule has 0 aliphatic heterocycles. The van der Waals surface area contributed by atoms with Crippen LogP contribution in [-0.2, 0) is 0 Å². The number of hydrogen-bond acceptors (Lipinski definition) is 2. The Kier molecular flexibility index (Phi) is 4.68. The summed E-state index contributed by atoms with van der Waals surface area (Å²) in [6.45, 7) is 0. The van der Waals surface area contributed by atoms with E-state index < -0.39 is 0 Å². The first kappa shape index (κ1) is 14.6. The smallest absolute Gasteiger partial charge is 0.257 e. The number of nitrogens with zero attached hydrogens (tertiary/aromatic N) is 1. The number of hydrogen-bond donors (Lipinski definition) is 1. The molecule has 3 nitrogen and oxygen atoms in total. The number of carbonyl (C=O) groups is 1. The molecule has 7 heteroatoms. The highest BCUT2D eigenvalue weighted by atomic mass is 79.9. The van der Waals surface area contributed by atoms with Gasteiger partial charge in [0.15, 0.2) is 0 Å². The average molecular weight is 380 g/mol. The summed E-state index contributed by atoms with van der Waals surface area (Å²) < 4.78 is 0.747. The van der Waals surface area contributed by atoms with Crippen LogP contribution in [0.2, 0.25) is 15.2 Å². The molecule has 1 N–H and O–H groups in total. The fourth-order valence-corrected chi connectivity index (χ4v) is 2.13. The predicted molar refractivity (Wildman–Crippen MR) is 81.4 cm³/mol. The summed E-state index contributed by atoms with van der Waals surface area (Å²) in [6, 6.07) is 6.48. The molecule has 2 aromatic rings. The Labute approximate surface area is 133 Å². The van der Waals surface area contributed by atoms with Crippen LogP contribution in [0.15, 0.2) is 34.9 Å².